The van der Waals surface area contributed by atoms with Crippen molar-refractivity contribution in [2.45, 2.75) is 0 Å². The smallest absolute Gasteiger partial charge is 0.251 e. The fraction of sp³-hybridized carbons (Fsp3) is 0.429. The lowest BCUT2D eigenvalue weighted by atomic mass is 10.2. The highest BCUT2D eigenvalue weighted by molar-refractivity contribution is 5.95. The number of amides is 2. The van der Waals surface area contributed by atoms with Crippen molar-refractivity contribution in [3.05, 3.63) is 23.8 Å². The molecule has 1 aromatic carbocycles. The van der Waals surface area contributed by atoms with Crippen LogP contribution in [0.3, 0.4) is 0 Å². The molecule has 7 heteroatoms. The Hall–Kier alpha value is -2.28. The molecule has 2 aliphatic heterocycles. The van der Waals surface area contributed by atoms with E-state index in [9.17, 15) is 9.59 Å². The molecule has 1 saturated heterocycles. The van der Waals surface area contributed by atoms with Gasteiger partial charge >= 0.3 is 0 Å². The zero-order valence-corrected chi connectivity index (χ0v) is 11.5. The molecule has 3 rings (SSSR count). The minimum absolute atomic E-state index is 0.0430. The number of carbonyl (C=O) groups excluding carboxylic acids is 2. The first-order valence-corrected chi connectivity index (χ1v) is 6.77. The van der Waals surface area contributed by atoms with Gasteiger partial charge < -0.3 is 24.4 Å². The summed E-state index contributed by atoms with van der Waals surface area (Å²) in [7, 11) is 0. The number of nitrogens with zero attached hydrogens (tertiary/aromatic N) is 1. The van der Waals surface area contributed by atoms with E-state index in [-0.39, 0.29) is 25.2 Å². The largest absolute Gasteiger partial charge is 0.454 e. The molecule has 0 aliphatic carbocycles. The van der Waals surface area contributed by atoms with Crippen LogP contribution in [0, 0.1) is 0 Å². The minimum Gasteiger partial charge on any atom is -0.454 e. The van der Waals surface area contributed by atoms with E-state index in [2.05, 4.69) is 5.32 Å². The first kappa shape index (κ1) is 13.7. The summed E-state index contributed by atoms with van der Waals surface area (Å²) in [5, 5.41) is 2.79. The van der Waals surface area contributed by atoms with E-state index in [4.69, 9.17) is 14.2 Å². The Labute approximate surface area is 121 Å². The Bertz CT molecular complexity index is 560. The van der Waals surface area contributed by atoms with Gasteiger partial charge in [-0.05, 0) is 18.2 Å². The maximum absolute atomic E-state index is 12.0. The fourth-order valence-corrected chi connectivity index (χ4v) is 2.23. The van der Waals surface area contributed by atoms with Crippen molar-refractivity contribution in [2.75, 3.05) is 39.6 Å². The number of nitrogens with one attached hydrogen (secondary N) is 1. The van der Waals surface area contributed by atoms with Crippen LogP contribution in [0.1, 0.15) is 10.4 Å². The van der Waals surface area contributed by atoms with E-state index in [1.54, 1.807) is 23.1 Å². The molecule has 2 amide bonds. The second-order valence-corrected chi connectivity index (χ2v) is 4.76. The molecule has 0 radical (unpaired) electrons. The molecule has 0 aromatic heterocycles. The predicted molar refractivity (Wildman–Crippen MR) is 72.3 cm³/mol. The molecule has 1 N–H and O–H groups in total. The molecule has 0 saturated carbocycles. The van der Waals surface area contributed by atoms with Gasteiger partial charge in [0.15, 0.2) is 11.5 Å². The van der Waals surface area contributed by atoms with Crippen LogP contribution in [-0.2, 0) is 9.53 Å². The highest BCUT2D eigenvalue weighted by atomic mass is 16.7. The third-order valence-corrected chi connectivity index (χ3v) is 3.39. The lowest BCUT2D eigenvalue weighted by Gasteiger charge is -2.26. The lowest BCUT2D eigenvalue weighted by Crippen LogP contribution is -2.45. The first-order valence-electron chi connectivity index (χ1n) is 6.77. The molecule has 112 valence electrons. The van der Waals surface area contributed by atoms with Gasteiger partial charge in [0.25, 0.3) is 5.91 Å². The van der Waals surface area contributed by atoms with Crippen molar-refractivity contribution in [3.63, 3.8) is 0 Å². The standard InChI is InChI=1S/C14H16N2O5/c17-13-8-19-6-5-16(13)4-3-15-14(18)10-1-2-11-12(7-10)21-9-20-11/h1-2,7H,3-6,8-9H2,(H,15,18). The molecule has 0 unspecified atom stereocenters. The Kier molecular flexibility index (Phi) is 3.92. The Balaban J connectivity index is 1.51. The molecular formula is C14H16N2O5. The molecule has 2 heterocycles. The summed E-state index contributed by atoms with van der Waals surface area (Å²) in [4.78, 5) is 25.2. The zero-order valence-electron chi connectivity index (χ0n) is 11.5. The summed E-state index contributed by atoms with van der Waals surface area (Å²) in [6.07, 6.45) is 0. The van der Waals surface area contributed by atoms with E-state index in [0.717, 1.165) is 0 Å². The summed E-state index contributed by atoms with van der Waals surface area (Å²) in [6.45, 7) is 2.30. The summed E-state index contributed by atoms with van der Waals surface area (Å²) in [5.41, 5.74) is 0.507. The second kappa shape index (κ2) is 6.01. The van der Waals surface area contributed by atoms with E-state index in [0.29, 0.717) is 43.3 Å². The number of morpholine rings is 1. The molecule has 7 nitrogen and oxygen atoms in total. The highest BCUT2D eigenvalue weighted by Gasteiger charge is 2.19. The van der Waals surface area contributed by atoms with Gasteiger partial charge in [-0.2, -0.15) is 0 Å². The minimum atomic E-state index is -0.200. The summed E-state index contributed by atoms with van der Waals surface area (Å²) in [5.74, 6) is 0.976. The van der Waals surface area contributed by atoms with Crippen molar-refractivity contribution in [3.8, 4) is 11.5 Å². The third kappa shape index (κ3) is 3.08. The Morgan fingerprint density at radius 3 is 3.00 bits per heavy atom. The van der Waals surface area contributed by atoms with Crippen molar-refractivity contribution in [2.24, 2.45) is 0 Å². The molecule has 1 aromatic rings. The van der Waals surface area contributed by atoms with Crippen molar-refractivity contribution >= 4 is 11.8 Å². The maximum Gasteiger partial charge on any atom is 0.251 e. The van der Waals surface area contributed by atoms with Gasteiger partial charge in [0.2, 0.25) is 12.7 Å². The quantitative estimate of drug-likeness (QED) is 0.845. The van der Waals surface area contributed by atoms with Crippen LogP contribution in [0.15, 0.2) is 18.2 Å². The highest BCUT2D eigenvalue weighted by Crippen LogP contribution is 2.32. The topological polar surface area (TPSA) is 77.1 Å². The van der Waals surface area contributed by atoms with Gasteiger partial charge in [-0.25, -0.2) is 0 Å². The molecule has 0 atom stereocenters. The molecule has 0 spiro atoms. The molecular weight excluding hydrogens is 276 g/mol. The average molecular weight is 292 g/mol. The Morgan fingerprint density at radius 2 is 2.14 bits per heavy atom. The van der Waals surface area contributed by atoms with E-state index in [1.807, 2.05) is 0 Å². The molecule has 21 heavy (non-hydrogen) atoms. The number of rotatable bonds is 4. The summed E-state index contributed by atoms with van der Waals surface area (Å²) >= 11 is 0. The zero-order chi connectivity index (χ0) is 14.7. The van der Waals surface area contributed by atoms with Crippen LogP contribution in [0.5, 0.6) is 11.5 Å². The number of benzene rings is 1. The third-order valence-electron chi connectivity index (χ3n) is 3.39. The van der Waals surface area contributed by atoms with Crippen LogP contribution < -0.4 is 14.8 Å². The van der Waals surface area contributed by atoms with Crippen LogP contribution in [0.4, 0.5) is 0 Å². The monoisotopic (exact) mass is 292 g/mol. The summed E-state index contributed by atoms with van der Waals surface area (Å²) < 4.78 is 15.5. The first-order chi connectivity index (χ1) is 10.2. The van der Waals surface area contributed by atoms with E-state index in [1.165, 1.54) is 0 Å². The van der Waals surface area contributed by atoms with Crippen LogP contribution in [0.25, 0.3) is 0 Å². The SMILES string of the molecule is O=C(NCCN1CCOCC1=O)c1ccc2c(c1)OCO2. The summed E-state index contributed by atoms with van der Waals surface area (Å²) in [6, 6.07) is 5.04. The number of hydrogen-bond donors (Lipinski definition) is 1. The maximum atomic E-state index is 12.0. The van der Waals surface area contributed by atoms with Gasteiger partial charge in [0.05, 0.1) is 6.61 Å². The normalized spacial score (nSPS) is 17.0. The van der Waals surface area contributed by atoms with Crippen LogP contribution in [-0.4, -0.2) is 56.4 Å². The van der Waals surface area contributed by atoms with Gasteiger partial charge in [-0.3, -0.25) is 9.59 Å². The van der Waals surface area contributed by atoms with E-state index < -0.39 is 0 Å². The van der Waals surface area contributed by atoms with Gasteiger partial charge in [-0.15, -0.1) is 0 Å². The van der Waals surface area contributed by atoms with Gasteiger partial charge in [0.1, 0.15) is 6.61 Å². The number of fused-ring (bicyclic) bond motifs is 1. The Morgan fingerprint density at radius 1 is 1.29 bits per heavy atom. The number of ether oxygens (including phenoxy) is 3. The van der Waals surface area contributed by atoms with E-state index >= 15 is 0 Å². The number of carbonyl (C=O) groups is 2. The molecule has 0 bridgehead atoms. The predicted octanol–water partition coefficient (Wildman–Crippen LogP) is 0.00390. The fourth-order valence-electron chi connectivity index (χ4n) is 2.23. The van der Waals surface area contributed by atoms with Gasteiger partial charge in [-0.1, -0.05) is 0 Å². The van der Waals surface area contributed by atoms with Crippen LogP contribution in [0.2, 0.25) is 0 Å². The molecule has 2 aliphatic rings. The number of hydrogen-bond acceptors (Lipinski definition) is 5. The second-order valence-electron chi connectivity index (χ2n) is 4.76. The van der Waals surface area contributed by atoms with Crippen molar-refractivity contribution < 1.29 is 23.8 Å². The van der Waals surface area contributed by atoms with Crippen molar-refractivity contribution in [1.29, 1.82) is 0 Å². The molecule has 1 fully saturated rings. The van der Waals surface area contributed by atoms with Crippen LogP contribution >= 0.6 is 0 Å². The van der Waals surface area contributed by atoms with Crippen molar-refractivity contribution in [1.82, 2.24) is 10.2 Å². The average Bonchev–Trinajstić information content (AvgIpc) is 2.96. The van der Waals surface area contributed by atoms with Gasteiger partial charge in [0, 0.05) is 25.2 Å². The lowest BCUT2D eigenvalue weighted by molar-refractivity contribution is -0.142.